The zero-order valence-corrected chi connectivity index (χ0v) is 16.7. The summed E-state index contributed by atoms with van der Waals surface area (Å²) < 4.78 is 2.18. The van der Waals surface area contributed by atoms with Crippen molar-refractivity contribution in [1.82, 2.24) is 19.7 Å². The van der Waals surface area contributed by atoms with Gasteiger partial charge in [-0.2, -0.15) is 0 Å². The van der Waals surface area contributed by atoms with E-state index < -0.39 is 6.04 Å². The van der Waals surface area contributed by atoms with Crippen molar-refractivity contribution in [2.45, 2.75) is 59.0 Å². The van der Waals surface area contributed by atoms with Gasteiger partial charge in [-0.1, -0.05) is 0 Å². The molecular formula is C20H30N4O3. The number of carbonyl (C=O) groups is 3. The van der Waals surface area contributed by atoms with Crippen LogP contribution in [0.1, 0.15) is 60.9 Å². The lowest BCUT2D eigenvalue weighted by Crippen LogP contribution is -2.46. The Hall–Kier alpha value is -2.31. The Morgan fingerprint density at radius 1 is 1.11 bits per heavy atom. The van der Waals surface area contributed by atoms with Crippen LogP contribution in [0.4, 0.5) is 0 Å². The SMILES string of the molecule is Cc1cc(C(=O)N2CCCN(C(=O)C3CCC(=O)N3)CC2)c(C)n1C(C)C. The summed E-state index contributed by atoms with van der Waals surface area (Å²) in [7, 11) is 0. The second kappa shape index (κ2) is 7.74. The highest BCUT2D eigenvalue weighted by atomic mass is 16.2. The van der Waals surface area contributed by atoms with Crippen molar-refractivity contribution in [2.24, 2.45) is 0 Å². The second-order valence-corrected chi connectivity index (χ2v) is 7.88. The van der Waals surface area contributed by atoms with Crippen LogP contribution < -0.4 is 5.32 Å². The highest BCUT2D eigenvalue weighted by Gasteiger charge is 2.32. The lowest BCUT2D eigenvalue weighted by atomic mass is 10.2. The summed E-state index contributed by atoms with van der Waals surface area (Å²) >= 11 is 0. The molecule has 0 spiro atoms. The largest absolute Gasteiger partial charge is 0.346 e. The summed E-state index contributed by atoms with van der Waals surface area (Å²) in [5.74, 6) is -0.0351. The van der Waals surface area contributed by atoms with Gasteiger partial charge in [-0.05, 0) is 46.6 Å². The van der Waals surface area contributed by atoms with Gasteiger partial charge in [-0.15, -0.1) is 0 Å². The number of nitrogens with zero attached hydrogens (tertiary/aromatic N) is 3. The van der Waals surface area contributed by atoms with Gasteiger partial charge in [0.1, 0.15) is 6.04 Å². The van der Waals surface area contributed by atoms with Crippen molar-refractivity contribution in [2.75, 3.05) is 26.2 Å². The number of hydrogen-bond acceptors (Lipinski definition) is 3. The van der Waals surface area contributed by atoms with Crippen molar-refractivity contribution >= 4 is 17.7 Å². The van der Waals surface area contributed by atoms with E-state index in [0.29, 0.717) is 45.1 Å². The van der Waals surface area contributed by atoms with E-state index in [9.17, 15) is 14.4 Å². The Kier molecular flexibility index (Phi) is 5.58. The smallest absolute Gasteiger partial charge is 0.255 e. The molecule has 148 valence electrons. The number of aromatic nitrogens is 1. The topological polar surface area (TPSA) is 74.7 Å². The number of aryl methyl sites for hydroxylation is 1. The standard InChI is InChI=1S/C20H30N4O3/c1-13(2)24-14(3)12-16(15(24)4)19(26)22-8-5-9-23(11-10-22)20(27)17-6-7-18(25)21-17/h12-13,17H,5-11H2,1-4H3,(H,21,25). The van der Waals surface area contributed by atoms with Gasteiger partial charge in [-0.3, -0.25) is 14.4 Å². The first kappa shape index (κ1) is 19.5. The molecule has 2 aliphatic heterocycles. The van der Waals surface area contributed by atoms with Gasteiger partial charge < -0.3 is 19.7 Å². The van der Waals surface area contributed by atoms with Gasteiger partial charge >= 0.3 is 0 Å². The minimum Gasteiger partial charge on any atom is -0.346 e. The number of nitrogens with one attached hydrogen (secondary N) is 1. The highest BCUT2D eigenvalue weighted by molar-refractivity contribution is 5.96. The van der Waals surface area contributed by atoms with Crippen molar-refractivity contribution in [3.8, 4) is 0 Å². The first-order valence-corrected chi connectivity index (χ1v) is 9.85. The van der Waals surface area contributed by atoms with Gasteiger partial charge in [-0.25, -0.2) is 0 Å². The first-order valence-electron chi connectivity index (χ1n) is 9.85. The lowest BCUT2D eigenvalue weighted by molar-refractivity contribution is -0.134. The van der Waals surface area contributed by atoms with Crippen LogP contribution in [0.15, 0.2) is 6.07 Å². The summed E-state index contributed by atoms with van der Waals surface area (Å²) in [6, 6.07) is 1.88. The molecule has 1 N–H and O–H groups in total. The molecule has 1 aromatic rings. The number of amides is 3. The second-order valence-electron chi connectivity index (χ2n) is 7.88. The van der Waals surface area contributed by atoms with Crippen molar-refractivity contribution in [3.05, 3.63) is 23.0 Å². The molecule has 0 aliphatic carbocycles. The monoisotopic (exact) mass is 374 g/mol. The summed E-state index contributed by atoms with van der Waals surface area (Å²) in [5, 5.41) is 2.74. The molecule has 7 heteroatoms. The van der Waals surface area contributed by atoms with Gasteiger partial charge in [0.05, 0.1) is 5.56 Å². The molecule has 0 bridgehead atoms. The van der Waals surface area contributed by atoms with Gasteiger partial charge in [0.15, 0.2) is 0 Å². The summed E-state index contributed by atoms with van der Waals surface area (Å²) in [6.07, 6.45) is 1.74. The van der Waals surface area contributed by atoms with E-state index >= 15 is 0 Å². The quantitative estimate of drug-likeness (QED) is 0.874. The third-order valence-electron chi connectivity index (χ3n) is 5.62. The fourth-order valence-corrected chi connectivity index (χ4v) is 4.32. The molecular weight excluding hydrogens is 344 g/mol. The number of hydrogen-bond donors (Lipinski definition) is 1. The highest BCUT2D eigenvalue weighted by Crippen LogP contribution is 2.22. The zero-order valence-electron chi connectivity index (χ0n) is 16.7. The normalized spacial score (nSPS) is 20.8. The van der Waals surface area contributed by atoms with E-state index in [2.05, 4.69) is 23.7 Å². The fraction of sp³-hybridized carbons (Fsp3) is 0.650. The molecule has 3 rings (SSSR count). The predicted molar refractivity (Wildman–Crippen MR) is 103 cm³/mol. The van der Waals surface area contributed by atoms with E-state index in [4.69, 9.17) is 0 Å². The van der Waals surface area contributed by atoms with E-state index in [-0.39, 0.29) is 17.7 Å². The first-order chi connectivity index (χ1) is 12.8. The molecule has 3 heterocycles. The molecule has 0 aromatic carbocycles. The summed E-state index contributed by atoms with van der Waals surface area (Å²) in [4.78, 5) is 40.7. The van der Waals surface area contributed by atoms with Gasteiger partial charge in [0.2, 0.25) is 11.8 Å². The predicted octanol–water partition coefficient (Wildman–Crippen LogP) is 1.64. The van der Waals surface area contributed by atoms with Crippen molar-refractivity contribution in [3.63, 3.8) is 0 Å². The minimum absolute atomic E-state index is 0.0202. The average Bonchev–Trinajstić information content (AvgIpc) is 3.07. The Morgan fingerprint density at radius 2 is 1.78 bits per heavy atom. The van der Waals surface area contributed by atoms with Crippen LogP contribution in [0.3, 0.4) is 0 Å². The zero-order chi connectivity index (χ0) is 19.7. The molecule has 27 heavy (non-hydrogen) atoms. The van der Waals surface area contributed by atoms with Crippen LogP contribution in [0.2, 0.25) is 0 Å². The van der Waals surface area contributed by atoms with E-state index in [1.807, 2.05) is 24.8 Å². The Labute approximate surface area is 160 Å². The molecule has 3 amide bonds. The van der Waals surface area contributed by atoms with Crippen LogP contribution in [-0.4, -0.2) is 64.3 Å². The fourth-order valence-electron chi connectivity index (χ4n) is 4.32. The van der Waals surface area contributed by atoms with E-state index in [1.54, 1.807) is 4.90 Å². The Balaban J connectivity index is 1.67. The van der Waals surface area contributed by atoms with Crippen molar-refractivity contribution < 1.29 is 14.4 Å². The van der Waals surface area contributed by atoms with Crippen molar-refractivity contribution in [1.29, 1.82) is 0 Å². The molecule has 2 fully saturated rings. The summed E-state index contributed by atoms with van der Waals surface area (Å²) in [5.41, 5.74) is 2.84. The lowest BCUT2D eigenvalue weighted by Gasteiger charge is -2.24. The van der Waals surface area contributed by atoms with Crippen LogP contribution in [0.5, 0.6) is 0 Å². The number of rotatable bonds is 3. The maximum absolute atomic E-state index is 13.1. The molecule has 2 saturated heterocycles. The molecule has 1 aromatic heterocycles. The average molecular weight is 374 g/mol. The number of carbonyl (C=O) groups excluding carboxylic acids is 3. The minimum atomic E-state index is -0.398. The van der Waals surface area contributed by atoms with Crippen LogP contribution in [-0.2, 0) is 9.59 Å². The maximum Gasteiger partial charge on any atom is 0.255 e. The molecule has 1 unspecified atom stereocenters. The Bertz CT molecular complexity index is 753. The van der Waals surface area contributed by atoms with Crippen LogP contribution in [0.25, 0.3) is 0 Å². The summed E-state index contributed by atoms with van der Waals surface area (Å²) in [6.45, 7) is 10.6. The molecule has 0 radical (unpaired) electrons. The van der Waals surface area contributed by atoms with Gasteiger partial charge in [0.25, 0.3) is 5.91 Å². The van der Waals surface area contributed by atoms with Gasteiger partial charge in [0, 0.05) is 50.0 Å². The molecule has 2 aliphatic rings. The van der Waals surface area contributed by atoms with Crippen LogP contribution in [0, 0.1) is 13.8 Å². The maximum atomic E-state index is 13.1. The van der Waals surface area contributed by atoms with E-state index in [1.165, 1.54) is 0 Å². The Morgan fingerprint density at radius 3 is 2.37 bits per heavy atom. The molecule has 0 saturated carbocycles. The third kappa shape index (κ3) is 3.87. The third-order valence-corrected chi connectivity index (χ3v) is 5.62. The molecule has 1 atom stereocenters. The van der Waals surface area contributed by atoms with E-state index in [0.717, 1.165) is 23.4 Å². The van der Waals surface area contributed by atoms with Crippen LogP contribution >= 0.6 is 0 Å². The molecule has 7 nitrogen and oxygen atoms in total.